The molecule has 0 bridgehead atoms. The fraction of sp³-hybridized carbons (Fsp3) is 0.658. The fourth-order valence-corrected chi connectivity index (χ4v) is 8.17. The predicted molar refractivity (Wildman–Crippen MR) is 186 cm³/mol. The number of carbonyl (C=O) groups is 1. The van der Waals surface area contributed by atoms with E-state index in [2.05, 4.69) is 65.7 Å². The zero-order valence-electron chi connectivity index (χ0n) is 28.1. The highest BCUT2D eigenvalue weighted by Gasteiger charge is 2.40. The Kier molecular flexibility index (Phi) is 20.5. The summed E-state index contributed by atoms with van der Waals surface area (Å²) in [7, 11) is 0. The molecule has 3 aliphatic rings. The summed E-state index contributed by atoms with van der Waals surface area (Å²) in [6.07, 6.45) is 25.6. The number of carbonyl (C=O) groups excluding carboxylic acids is 1. The van der Waals surface area contributed by atoms with Crippen LogP contribution in [0.1, 0.15) is 128 Å². The van der Waals surface area contributed by atoms with Crippen molar-refractivity contribution in [3.05, 3.63) is 54.1 Å². The monoisotopic (exact) mass is 677 g/mol. The molecule has 3 aliphatic heterocycles. The molecular formula is C38H61Cl2N3OS. The number of hydrogen-bond donors (Lipinski definition) is 1. The van der Waals surface area contributed by atoms with Crippen LogP contribution in [0.4, 0.5) is 11.4 Å². The van der Waals surface area contributed by atoms with Crippen molar-refractivity contribution in [1.82, 2.24) is 9.38 Å². The highest BCUT2D eigenvalue weighted by molar-refractivity contribution is 7.99. The van der Waals surface area contributed by atoms with Gasteiger partial charge in [-0.25, -0.2) is 0 Å². The van der Waals surface area contributed by atoms with Gasteiger partial charge in [0.1, 0.15) is 17.3 Å². The largest absolute Gasteiger partial charge is 1.00 e. The minimum Gasteiger partial charge on any atom is -1.00 e. The summed E-state index contributed by atoms with van der Waals surface area (Å²) in [5, 5.41) is 2.26. The Morgan fingerprint density at radius 3 is 1.91 bits per heavy atom. The predicted octanol–water partition coefficient (Wildman–Crippen LogP) is 3.34. The van der Waals surface area contributed by atoms with E-state index in [1.54, 1.807) is 0 Å². The maximum atomic E-state index is 12.4. The Labute approximate surface area is 292 Å². The maximum Gasteiger partial charge on any atom is 0.226 e. The second-order valence-corrected chi connectivity index (χ2v) is 14.3. The third-order valence-electron chi connectivity index (χ3n) is 9.83. The van der Waals surface area contributed by atoms with Crippen molar-refractivity contribution < 1.29 is 34.9 Å². The van der Waals surface area contributed by atoms with E-state index in [-0.39, 0.29) is 24.8 Å². The first-order valence-corrected chi connectivity index (χ1v) is 19.0. The topological polar surface area (TPSA) is 36.9 Å². The van der Waals surface area contributed by atoms with E-state index in [1.807, 2.05) is 11.8 Å². The molecule has 0 saturated carbocycles. The molecule has 0 spiro atoms. The van der Waals surface area contributed by atoms with Crippen LogP contribution in [0.2, 0.25) is 0 Å². The average Bonchev–Trinajstić information content (AvgIpc) is 3.77. The van der Waals surface area contributed by atoms with Crippen molar-refractivity contribution >= 4 is 29.0 Å². The van der Waals surface area contributed by atoms with E-state index >= 15 is 0 Å². The standard InChI is InChI=1S/C31H53N2O.C7H7NS.2ClH/c1-2-3-4-5-6-7-8-9-10-11-12-13-14-15-16-19-26-33(28-32-25-20-23-31(32)34)27-24-29-21-17-18-22-30(29)33;1-2-4-7-6(3-1)8-5-9-7;;/h17-18,21-22H,2-16,19-20,23-28H2,1H3;1-4,8H,5H2;2*1H/q+1;;;/p-1. The number of fused-ring (bicyclic) bond motifs is 2. The SMILES string of the molecule is CCCCCCCCCCCCCCCCCC[N+]1(CN2CCCC2=O)CCc2ccccc21.[Cl-].[Cl-].c1ccc2c(c1)[NH2+]CS2. The van der Waals surface area contributed by atoms with Gasteiger partial charge in [0.25, 0.3) is 0 Å². The van der Waals surface area contributed by atoms with Gasteiger partial charge in [-0.15, -0.1) is 0 Å². The smallest absolute Gasteiger partial charge is 0.226 e. The molecule has 1 amide bonds. The van der Waals surface area contributed by atoms with Crippen LogP contribution in [-0.4, -0.2) is 43.0 Å². The number of thioether (sulfide) groups is 1. The number of likely N-dealkylation sites (tertiary alicyclic amines) is 1. The molecule has 3 heterocycles. The summed E-state index contributed by atoms with van der Waals surface area (Å²) < 4.78 is 1.01. The van der Waals surface area contributed by atoms with Crippen molar-refractivity contribution in [2.45, 2.75) is 134 Å². The van der Waals surface area contributed by atoms with Crippen molar-refractivity contribution in [1.29, 1.82) is 0 Å². The second kappa shape index (κ2) is 23.1. The Hall–Kier alpha value is -1.24. The van der Waals surface area contributed by atoms with Crippen LogP contribution in [0, 0.1) is 0 Å². The van der Waals surface area contributed by atoms with Crippen LogP contribution >= 0.6 is 11.8 Å². The minimum absolute atomic E-state index is 0. The van der Waals surface area contributed by atoms with Gasteiger partial charge in [0, 0.05) is 31.0 Å². The number of halogens is 2. The normalized spacial score (nSPS) is 18.1. The molecule has 0 radical (unpaired) electrons. The summed E-state index contributed by atoms with van der Waals surface area (Å²) >= 11 is 1.91. The first-order valence-electron chi connectivity index (χ1n) is 18.0. The molecule has 2 aromatic carbocycles. The molecule has 45 heavy (non-hydrogen) atoms. The molecule has 0 aromatic heterocycles. The van der Waals surface area contributed by atoms with Gasteiger partial charge in [0.05, 0.1) is 18.0 Å². The van der Waals surface area contributed by atoms with Crippen LogP contribution in [0.25, 0.3) is 0 Å². The van der Waals surface area contributed by atoms with Crippen LogP contribution in [-0.2, 0) is 11.2 Å². The second-order valence-electron chi connectivity index (χ2n) is 13.2. The van der Waals surface area contributed by atoms with E-state index in [0.29, 0.717) is 5.91 Å². The number of amides is 1. The van der Waals surface area contributed by atoms with Gasteiger partial charge in [-0.1, -0.05) is 139 Å². The Balaban J connectivity index is 0.000000544. The number of nitrogens with zero attached hydrogens (tertiary/aromatic N) is 2. The van der Waals surface area contributed by atoms with Gasteiger partial charge in [0.15, 0.2) is 6.67 Å². The summed E-state index contributed by atoms with van der Waals surface area (Å²) in [5.74, 6) is 1.52. The molecule has 254 valence electrons. The van der Waals surface area contributed by atoms with Gasteiger partial charge in [-0.3, -0.25) is 14.2 Å². The molecule has 1 unspecified atom stereocenters. The molecule has 7 heteroatoms. The molecular weight excluding hydrogens is 617 g/mol. The summed E-state index contributed by atoms with van der Waals surface area (Å²) in [6.45, 7) is 6.51. The third kappa shape index (κ3) is 13.4. The van der Waals surface area contributed by atoms with Crippen molar-refractivity contribution in [3.63, 3.8) is 0 Å². The summed E-state index contributed by atoms with van der Waals surface area (Å²) in [4.78, 5) is 15.9. The highest BCUT2D eigenvalue weighted by atomic mass is 35.5. The number of benzene rings is 2. The van der Waals surface area contributed by atoms with E-state index in [9.17, 15) is 4.79 Å². The quantitative estimate of drug-likeness (QED) is 0.141. The van der Waals surface area contributed by atoms with Crippen LogP contribution < -0.4 is 34.6 Å². The van der Waals surface area contributed by atoms with E-state index in [4.69, 9.17) is 0 Å². The van der Waals surface area contributed by atoms with Crippen molar-refractivity contribution in [2.75, 3.05) is 32.2 Å². The molecule has 0 aliphatic carbocycles. The number of quaternary nitrogens is 2. The molecule has 5 rings (SSSR count). The van der Waals surface area contributed by atoms with Gasteiger partial charge in [-0.05, 0) is 31.4 Å². The van der Waals surface area contributed by atoms with Crippen LogP contribution in [0.3, 0.4) is 0 Å². The highest BCUT2D eigenvalue weighted by Crippen LogP contribution is 2.36. The fourth-order valence-electron chi connectivity index (χ4n) is 7.23. The molecule has 2 aromatic rings. The lowest BCUT2D eigenvalue weighted by Gasteiger charge is -2.37. The van der Waals surface area contributed by atoms with Gasteiger partial charge in [0.2, 0.25) is 5.91 Å². The van der Waals surface area contributed by atoms with E-state index in [1.165, 1.54) is 138 Å². The Morgan fingerprint density at radius 1 is 0.733 bits per heavy atom. The molecule has 1 saturated heterocycles. The van der Waals surface area contributed by atoms with Gasteiger partial charge >= 0.3 is 0 Å². The Morgan fingerprint density at radius 2 is 1.31 bits per heavy atom. The van der Waals surface area contributed by atoms with Gasteiger partial charge in [-0.2, -0.15) is 0 Å². The molecule has 1 fully saturated rings. The average molecular weight is 679 g/mol. The number of nitrogens with two attached hydrogens (primary N) is 1. The Bertz CT molecular complexity index is 1060. The maximum absolute atomic E-state index is 12.4. The first-order chi connectivity index (χ1) is 21.2. The van der Waals surface area contributed by atoms with Gasteiger partial charge < -0.3 is 30.1 Å². The molecule has 4 nitrogen and oxygen atoms in total. The number of unbranched alkanes of at least 4 members (excludes halogenated alkanes) is 15. The zero-order chi connectivity index (χ0) is 30.0. The molecule has 2 N–H and O–H groups in total. The number of para-hydroxylation sites is 2. The molecule has 1 atom stereocenters. The third-order valence-corrected chi connectivity index (χ3v) is 10.8. The minimum atomic E-state index is 0. The van der Waals surface area contributed by atoms with Crippen LogP contribution in [0.5, 0.6) is 0 Å². The van der Waals surface area contributed by atoms with Crippen LogP contribution in [0.15, 0.2) is 53.4 Å². The lowest BCUT2D eigenvalue weighted by molar-refractivity contribution is -0.548. The van der Waals surface area contributed by atoms with E-state index < -0.39 is 0 Å². The van der Waals surface area contributed by atoms with Crippen molar-refractivity contribution in [2.24, 2.45) is 0 Å². The van der Waals surface area contributed by atoms with Crippen molar-refractivity contribution in [3.8, 4) is 0 Å². The lowest BCUT2D eigenvalue weighted by Crippen LogP contribution is -3.00. The summed E-state index contributed by atoms with van der Waals surface area (Å²) in [6, 6.07) is 17.5. The zero-order valence-corrected chi connectivity index (χ0v) is 30.5. The van der Waals surface area contributed by atoms with E-state index in [0.717, 1.165) is 42.8 Å². The first kappa shape index (κ1) is 39.9. The number of rotatable bonds is 19. The summed E-state index contributed by atoms with van der Waals surface area (Å²) in [5.41, 5.74) is 4.40. The lowest BCUT2D eigenvalue weighted by atomic mass is 10.0. The number of hydrogen-bond acceptors (Lipinski definition) is 2.